The number of nitrogens with zero attached hydrogens (tertiary/aromatic N) is 1. The molecular weight excluding hydrogens is 375 g/mol. The largest absolute Gasteiger partial charge is 0.497 e. The Morgan fingerprint density at radius 3 is 2.62 bits per heavy atom. The molecule has 2 N–H and O–H groups in total. The Bertz CT molecular complexity index is 1040. The summed E-state index contributed by atoms with van der Waals surface area (Å²) in [6, 6.07) is 14.8. The van der Waals surface area contributed by atoms with Crippen molar-refractivity contribution in [2.75, 3.05) is 13.7 Å². The van der Waals surface area contributed by atoms with Crippen LogP contribution in [0.5, 0.6) is 5.75 Å². The van der Waals surface area contributed by atoms with Crippen molar-refractivity contribution in [1.29, 1.82) is 5.26 Å². The second-order valence-electron chi connectivity index (χ2n) is 6.14. The third-order valence-corrected chi connectivity index (χ3v) is 4.47. The summed E-state index contributed by atoms with van der Waals surface area (Å²) in [6.45, 7) is 1.75. The number of methoxy groups -OCH3 is 1. The molecule has 1 aliphatic rings. The van der Waals surface area contributed by atoms with Gasteiger partial charge in [-0.05, 0) is 25.1 Å². The fraction of sp³-hybridized carbons (Fsp3) is 0.182. The standard InChI is InChI=1S/C22H19FN2O4/c1-3-28-22(26)19-18(15-11-14(27-2)9-10-17(15)23)16(12-24)21(25)29-20(19)13-7-5-4-6-8-13/h4-11,18H,3,25H2,1-2H3/t18-/m0/s1. The highest BCUT2D eigenvalue weighted by Crippen LogP contribution is 2.44. The molecule has 1 aliphatic heterocycles. The van der Waals surface area contributed by atoms with E-state index in [1.807, 2.05) is 6.07 Å². The van der Waals surface area contributed by atoms with Crippen LogP contribution in [-0.2, 0) is 14.3 Å². The van der Waals surface area contributed by atoms with Gasteiger partial charge in [-0.1, -0.05) is 30.3 Å². The number of nitriles is 1. The van der Waals surface area contributed by atoms with Crippen molar-refractivity contribution in [1.82, 2.24) is 0 Å². The number of allylic oxidation sites excluding steroid dienone is 1. The zero-order valence-corrected chi connectivity index (χ0v) is 15.9. The maximum atomic E-state index is 14.8. The van der Waals surface area contributed by atoms with Crippen molar-refractivity contribution in [2.24, 2.45) is 5.73 Å². The molecule has 0 fully saturated rings. The maximum absolute atomic E-state index is 14.8. The minimum Gasteiger partial charge on any atom is -0.497 e. The molecule has 6 nitrogen and oxygen atoms in total. The van der Waals surface area contributed by atoms with E-state index >= 15 is 0 Å². The molecular formula is C22H19FN2O4. The van der Waals surface area contributed by atoms with Gasteiger partial charge in [-0.2, -0.15) is 5.26 Å². The monoisotopic (exact) mass is 394 g/mol. The average Bonchev–Trinajstić information content (AvgIpc) is 2.74. The van der Waals surface area contributed by atoms with E-state index < -0.39 is 17.7 Å². The summed E-state index contributed by atoms with van der Waals surface area (Å²) in [6.07, 6.45) is 0. The van der Waals surface area contributed by atoms with Crippen LogP contribution in [0.2, 0.25) is 0 Å². The van der Waals surface area contributed by atoms with Crippen molar-refractivity contribution < 1.29 is 23.4 Å². The van der Waals surface area contributed by atoms with E-state index in [9.17, 15) is 14.4 Å². The first-order chi connectivity index (χ1) is 14.0. The van der Waals surface area contributed by atoms with E-state index in [1.165, 1.54) is 25.3 Å². The van der Waals surface area contributed by atoms with Crippen molar-refractivity contribution >= 4 is 11.7 Å². The Morgan fingerprint density at radius 1 is 1.28 bits per heavy atom. The van der Waals surface area contributed by atoms with Gasteiger partial charge in [0.1, 0.15) is 29.0 Å². The van der Waals surface area contributed by atoms with Crippen molar-refractivity contribution in [3.8, 4) is 11.8 Å². The zero-order chi connectivity index (χ0) is 21.0. The summed E-state index contributed by atoms with van der Waals surface area (Å²) >= 11 is 0. The Kier molecular flexibility index (Phi) is 5.84. The number of halogens is 1. The van der Waals surface area contributed by atoms with Gasteiger partial charge in [-0.25, -0.2) is 9.18 Å². The zero-order valence-electron chi connectivity index (χ0n) is 15.9. The molecule has 0 radical (unpaired) electrons. The smallest absolute Gasteiger partial charge is 0.338 e. The van der Waals surface area contributed by atoms with E-state index in [4.69, 9.17) is 19.9 Å². The molecule has 0 saturated heterocycles. The lowest BCUT2D eigenvalue weighted by atomic mass is 9.81. The van der Waals surface area contributed by atoms with Gasteiger partial charge < -0.3 is 19.9 Å². The lowest BCUT2D eigenvalue weighted by Crippen LogP contribution is -2.26. The van der Waals surface area contributed by atoms with Gasteiger partial charge in [0.05, 0.1) is 25.2 Å². The number of ether oxygens (including phenoxy) is 3. The van der Waals surface area contributed by atoms with E-state index in [0.717, 1.165) is 0 Å². The topological polar surface area (TPSA) is 94.6 Å². The highest BCUT2D eigenvalue weighted by Gasteiger charge is 2.39. The van der Waals surface area contributed by atoms with Crippen LogP contribution in [0.3, 0.4) is 0 Å². The molecule has 3 rings (SSSR count). The quantitative estimate of drug-likeness (QED) is 0.779. The highest BCUT2D eigenvalue weighted by molar-refractivity contribution is 5.99. The Labute approximate surface area is 167 Å². The minimum absolute atomic E-state index is 0.00375. The molecule has 0 spiro atoms. The molecule has 148 valence electrons. The van der Waals surface area contributed by atoms with E-state index in [-0.39, 0.29) is 35.0 Å². The maximum Gasteiger partial charge on any atom is 0.338 e. The number of carbonyl (C=O) groups excluding carboxylic acids is 1. The molecule has 2 aromatic rings. The molecule has 1 atom stereocenters. The van der Waals surface area contributed by atoms with Gasteiger partial charge in [0, 0.05) is 11.1 Å². The number of benzene rings is 2. The van der Waals surface area contributed by atoms with Crippen LogP contribution in [0.25, 0.3) is 5.76 Å². The van der Waals surface area contributed by atoms with Gasteiger partial charge in [-0.15, -0.1) is 0 Å². The molecule has 0 aromatic heterocycles. The van der Waals surface area contributed by atoms with Crippen molar-refractivity contribution in [3.05, 3.63) is 82.5 Å². The van der Waals surface area contributed by atoms with Gasteiger partial charge >= 0.3 is 5.97 Å². The van der Waals surface area contributed by atoms with E-state index in [1.54, 1.807) is 37.3 Å². The number of rotatable bonds is 5. The molecule has 0 bridgehead atoms. The first kappa shape index (κ1) is 20.0. The van der Waals surface area contributed by atoms with Gasteiger partial charge in [0.2, 0.25) is 5.88 Å². The van der Waals surface area contributed by atoms with Crippen LogP contribution in [-0.4, -0.2) is 19.7 Å². The summed E-state index contributed by atoms with van der Waals surface area (Å²) in [4.78, 5) is 12.9. The van der Waals surface area contributed by atoms with Gasteiger partial charge in [-0.3, -0.25) is 0 Å². The highest BCUT2D eigenvalue weighted by atomic mass is 19.1. The SMILES string of the molecule is CCOC(=O)C1=C(c2ccccc2)OC(N)=C(C#N)[C@@H]1c1cc(OC)ccc1F. The molecule has 7 heteroatoms. The van der Waals surface area contributed by atoms with Crippen LogP contribution >= 0.6 is 0 Å². The normalized spacial score (nSPS) is 16.1. The lowest BCUT2D eigenvalue weighted by Gasteiger charge is -2.28. The first-order valence-corrected chi connectivity index (χ1v) is 8.89. The van der Waals surface area contributed by atoms with Crippen LogP contribution in [0.4, 0.5) is 4.39 Å². The average molecular weight is 394 g/mol. The second kappa shape index (κ2) is 8.48. The molecule has 2 aromatic carbocycles. The van der Waals surface area contributed by atoms with Crippen LogP contribution in [0.15, 0.2) is 65.6 Å². The van der Waals surface area contributed by atoms with Gasteiger partial charge in [0.25, 0.3) is 0 Å². The van der Waals surface area contributed by atoms with Crippen molar-refractivity contribution in [3.63, 3.8) is 0 Å². The Hall–Kier alpha value is -3.79. The molecule has 29 heavy (non-hydrogen) atoms. The summed E-state index contributed by atoms with van der Waals surface area (Å²) in [7, 11) is 1.44. The molecule has 1 heterocycles. The second-order valence-corrected chi connectivity index (χ2v) is 6.14. The number of hydrogen-bond acceptors (Lipinski definition) is 6. The fourth-order valence-electron chi connectivity index (χ4n) is 3.16. The predicted molar refractivity (Wildman–Crippen MR) is 104 cm³/mol. The molecule has 0 saturated carbocycles. The molecule has 0 aliphatic carbocycles. The first-order valence-electron chi connectivity index (χ1n) is 8.89. The molecule has 0 unspecified atom stereocenters. The Morgan fingerprint density at radius 2 is 2.00 bits per heavy atom. The third kappa shape index (κ3) is 3.78. The number of nitrogens with two attached hydrogens (primary N) is 1. The van der Waals surface area contributed by atoms with Crippen LogP contribution in [0.1, 0.15) is 24.0 Å². The number of esters is 1. The Balaban J connectivity index is 2.33. The number of hydrogen-bond donors (Lipinski definition) is 1. The summed E-state index contributed by atoms with van der Waals surface area (Å²) in [5.41, 5.74) is 6.51. The molecule has 0 amide bonds. The van der Waals surface area contributed by atoms with E-state index in [0.29, 0.717) is 11.3 Å². The number of carbonyl (C=O) groups is 1. The summed E-state index contributed by atoms with van der Waals surface area (Å²) in [5, 5.41) is 9.70. The lowest BCUT2D eigenvalue weighted by molar-refractivity contribution is -0.138. The fourth-order valence-corrected chi connectivity index (χ4v) is 3.16. The van der Waals surface area contributed by atoms with Crippen LogP contribution in [0, 0.1) is 17.1 Å². The van der Waals surface area contributed by atoms with Gasteiger partial charge in [0.15, 0.2) is 0 Å². The third-order valence-electron chi connectivity index (χ3n) is 4.47. The van der Waals surface area contributed by atoms with Crippen LogP contribution < -0.4 is 10.5 Å². The predicted octanol–water partition coefficient (Wildman–Crippen LogP) is 3.62. The summed E-state index contributed by atoms with van der Waals surface area (Å²) in [5.74, 6) is -2.17. The summed E-state index contributed by atoms with van der Waals surface area (Å²) < 4.78 is 30.9. The minimum atomic E-state index is -1.11. The van der Waals surface area contributed by atoms with Crippen molar-refractivity contribution in [2.45, 2.75) is 12.8 Å². The van der Waals surface area contributed by atoms with E-state index in [2.05, 4.69) is 0 Å².